The van der Waals surface area contributed by atoms with Gasteiger partial charge in [-0.1, -0.05) is 30.3 Å². The molecule has 0 aromatic heterocycles. The van der Waals surface area contributed by atoms with Gasteiger partial charge in [0, 0.05) is 6.07 Å². The minimum Gasteiger partial charge on any atom is -0.508 e. The summed E-state index contributed by atoms with van der Waals surface area (Å²) in [7, 11) is 0. The van der Waals surface area contributed by atoms with Gasteiger partial charge in [-0.2, -0.15) is 0 Å². The normalized spacial score (nSPS) is 10.1. The summed E-state index contributed by atoms with van der Waals surface area (Å²) >= 11 is 0. The van der Waals surface area contributed by atoms with Crippen LogP contribution in [0.1, 0.15) is 11.1 Å². The highest BCUT2D eigenvalue weighted by Gasteiger charge is 1.96. The third-order valence-electron chi connectivity index (χ3n) is 2.25. The molecule has 16 heavy (non-hydrogen) atoms. The van der Waals surface area contributed by atoms with Crippen LogP contribution in [0.4, 0.5) is 0 Å². The lowest BCUT2D eigenvalue weighted by molar-refractivity contribution is 0.304. The molecule has 2 aromatic rings. The molecule has 0 amide bonds. The van der Waals surface area contributed by atoms with E-state index < -0.39 is 0 Å². The van der Waals surface area contributed by atoms with Crippen molar-refractivity contribution >= 4 is 0 Å². The third-order valence-corrected chi connectivity index (χ3v) is 2.25. The fourth-order valence-electron chi connectivity index (χ4n) is 1.38. The standard InChI is InChI=1S/C14H13O2/c1-11-5-7-12(8-6-11)10-16-14-4-2-3-13(15)9-14/h2-9,15H,1,10H2. The predicted octanol–water partition coefficient (Wildman–Crippen LogP) is 3.15. The summed E-state index contributed by atoms with van der Waals surface area (Å²) in [6.07, 6.45) is 0. The van der Waals surface area contributed by atoms with Crippen LogP contribution >= 0.6 is 0 Å². The lowest BCUT2D eigenvalue weighted by Gasteiger charge is -2.06. The van der Waals surface area contributed by atoms with Gasteiger partial charge in [0.15, 0.2) is 0 Å². The van der Waals surface area contributed by atoms with Crippen LogP contribution in [-0.2, 0) is 6.61 Å². The van der Waals surface area contributed by atoms with Crippen LogP contribution < -0.4 is 4.74 Å². The van der Waals surface area contributed by atoms with Gasteiger partial charge in [-0.25, -0.2) is 0 Å². The zero-order valence-electron chi connectivity index (χ0n) is 8.89. The molecule has 2 aromatic carbocycles. The molecular formula is C14H13O2. The van der Waals surface area contributed by atoms with Crippen LogP contribution in [0.3, 0.4) is 0 Å². The largest absolute Gasteiger partial charge is 0.508 e. The molecule has 1 N–H and O–H groups in total. The fraction of sp³-hybridized carbons (Fsp3) is 0.0714. The van der Waals surface area contributed by atoms with Crippen molar-refractivity contribution in [1.29, 1.82) is 0 Å². The van der Waals surface area contributed by atoms with E-state index in [0.717, 1.165) is 11.1 Å². The number of aromatic hydroxyl groups is 1. The maximum absolute atomic E-state index is 9.26. The van der Waals surface area contributed by atoms with Gasteiger partial charge in [0.2, 0.25) is 0 Å². The molecule has 0 fully saturated rings. The van der Waals surface area contributed by atoms with Crippen molar-refractivity contribution in [3.05, 3.63) is 66.6 Å². The van der Waals surface area contributed by atoms with E-state index in [9.17, 15) is 5.11 Å². The highest BCUT2D eigenvalue weighted by atomic mass is 16.5. The van der Waals surface area contributed by atoms with Gasteiger partial charge in [0.1, 0.15) is 18.1 Å². The molecule has 2 nitrogen and oxygen atoms in total. The number of hydrogen-bond donors (Lipinski definition) is 1. The van der Waals surface area contributed by atoms with Gasteiger partial charge < -0.3 is 9.84 Å². The van der Waals surface area contributed by atoms with Crippen molar-refractivity contribution in [2.24, 2.45) is 0 Å². The third kappa shape index (κ3) is 2.76. The molecule has 0 aliphatic carbocycles. The monoisotopic (exact) mass is 213 g/mol. The van der Waals surface area contributed by atoms with Crippen molar-refractivity contribution in [1.82, 2.24) is 0 Å². The maximum atomic E-state index is 9.26. The van der Waals surface area contributed by atoms with Crippen molar-refractivity contribution in [3.8, 4) is 11.5 Å². The number of phenols is 1. The molecule has 81 valence electrons. The van der Waals surface area contributed by atoms with E-state index in [1.807, 2.05) is 30.3 Å². The van der Waals surface area contributed by atoms with E-state index in [4.69, 9.17) is 4.74 Å². The average Bonchev–Trinajstić information content (AvgIpc) is 2.28. The topological polar surface area (TPSA) is 29.5 Å². The maximum Gasteiger partial charge on any atom is 0.123 e. The van der Waals surface area contributed by atoms with Crippen molar-refractivity contribution in [3.63, 3.8) is 0 Å². The molecule has 0 bridgehead atoms. The quantitative estimate of drug-likeness (QED) is 0.848. The first kappa shape index (κ1) is 10.6. The Kier molecular flexibility index (Phi) is 3.10. The van der Waals surface area contributed by atoms with Crippen LogP contribution in [0, 0.1) is 6.92 Å². The Bertz CT molecular complexity index is 460. The number of phenolic OH excluding ortho intramolecular Hbond substituents is 1. The highest BCUT2D eigenvalue weighted by molar-refractivity contribution is 5.32. The molecule has 2 rings (SSSR count). The minimum absolute atomic E-state index is 0.214. The second-order valence-electron chi connectivity index (χ2n) is 3.60. The summed E-state index contributed by atoms with van der Waals surface area (Å²) in [5, 5.41) is 9.26. The Morgan fingerprint density at radius 1 is 1.06 bits per heavy atom. The van der Waals surface area contributed by atoms with Crippen LogP contribution in [0.5, 0.6) is 11.5 Å². The predicted molar refractivity (Wildman–Crippen MR) is 63.3 cm³/mol. The Morgan fingerprint density at radius 3 is 2.50 bits per heavy atom. The van der Waals surface area contributed by atoms with Crippen molar-refractivity contribution < 1.29 is 9.84 Å². The average molecular weight is 213 g/mol. The van der Waals surface area contributed by atoms with Gasteiger partial charge >= 0.3 is 0 Å². The van der Waals surface area contributed by atoms with E-state index in [1.54, 1.807) is 18.2 Å². The minimum atomic E-state index is 0.214. The smallest absolute Gasteiger partial charge is 0.123 e. The molecule has 0 saturated heterocycles. The lowest BCUT2D eigenvalue weighted by atomic mass is 10.2. The summed E-state index contributed by atoms with van der Waals surface area (Å²) in [6, 6.07) is 14.6. The second-order valence-corrected chi connectivity index (χ2v) is 3.60. The number of ether oxygens (including phenoxy) is 1. The molecule has 0 saturated carbocycles. The lowest BCUT2D eigenvalue weighted by Crippen LogP contribution is -1.94. The van der Waals surface area contributed by atoms with Gasteiger partial charge in [-0.05, 0) is 30.2 Å². The van der Waals surface area contributed by atoms with E-state index >= 15 is 0 Å². The summed E-state index contributed by atoms with van der Waals surface area (Å²) in [5.74, 6) is 0.879. The Hall–Kier alpha value is -1.96. The number of hydrogen-bond acceptors (Lipinski definition) is 2. The second kappa shape index (κ2) is 4.71. The van der Waals surface area contributed by atoms with Gasteiger partial charge in [0.25, 0.3) is 0 Å². The number of benzene rings is 2. The van der Waals surface area contributed by atoms with Gasteiger partial charge in [-0.3, -0.25) is 0 Å². The summed E-state index contributed by atoms with van der Waals surface area (Å²) in [4.78, 5) is 0. The van der Waals surface area contributed by atoms with Crippen molar-refractivity contribution in [2.45, 2.75) is 6.61 Å². The molecular weight excluding hydrogens is 200 g/mol. The van der Waals surface area contributed by atoms with Crippen LogP contribution in [0.2, 0.25) is 0 Å². The molecule has 1 radical (unpaired) electrons. The van der Waals surface area contributed by atoms with E-state index in [0.29, 0.717) is 12.4 Å². The number of rotatable bonds is 3. The molecule has 0 spiro atoms. The first-order valence-corrected chi connectivity index (χ1v) is 5.07. The van der Waals surface area contributed by atoms with E-state index in [1.165, 1.54) is 0 Å². The van der Waals surface area contributed by atoms with Gasteiger partial charge in [-0.15, -0.1) is 0 Å². The Morgan fingerprint density at radius 2 is 1.81 bits per heavy atom. The summed E-state index contributed by atoms with van der Waals surface area (Å²) in [6.45, 7) is 4.31. The van der Waals surface area contributed by atoms with Crippen LogP contribution in [-0.4, -0.2) is 5.11 Å². The van der Waals surface area contributed by atoms with Crippen LogP contribution in [0.15, 0.2) is 48.5 Å². The molecule has 0 aliphatic rings. The van der Waals surface area contributed by atoms with Crippen LogP contribution in [0.25, 0.3) is 0 Å². The molecule has 2 heteroatoms. The molecule has 0 heterocycles. The van der Waals surface area contributed by atoms with E-state index in [-0.39, 0.29) is 5.75 Å². The summed E-state index contributed by atoms with van der Waals surface area (Å²) < 4.78 is 5.53. The Balaban J connectivity index is 1.99. The first-order valence-electron chi connectivity index (χ1n) is 5.07. The van der Waals surface area contributed by atoms with Gasteiger partial charge in [0.05, 0.1) is 0 Å². The molecule has 0 aliphatic heterocycles. The molecule has 0 atom stereocenters. The zero-order chi connectivity index (χ0) is 11.4. The Labute approximate surface area is 95.1 Å². The van der Waals surface area contributed by atoms with Crippen molar-refractivity contribution in [2.75, 3.05) is 0 Å². The highest BCUT2D eigenvalue weighted by Crippen LogP contribution is 2.18. The zero-order valence-corrected chi connectivity index (χ0v) is 8.89. The fourth-order valence-corrected chi connectivity index (χ4v) is 1.38. The SMILES string of the molecule is [CH2]c1ccc(COc2cccc(O)c2)cc1. The van der Waals surface area contributed by atoms with E-state index in [2.05, 4.69) is 6.92 Å². The first-order chi connectivity index (χ1) is 7.74. The molecule has 0 unspecified atom stereocenters. The summed E-state index contributed by atoms with van der Waals surface area (Å²) in [5.41, 5.74) is 2.07.